The van der Waals surface area contributed by atoms with Crippen LogP contribution >= 0.6 is 0 Å². The summed E-state index contributed by atoms with van der Waals surface area (Å²) in [7, 11) is 0. The lowest BCUT2D eigenvalue weighted by molar-refractivity contribution is -0.0127. The second kappa shape index (κ2) is 7.73. The van der Waals surface area contributed by atoms with Crippen molar-refractivity contribution in [2.24, 2.45) is 0 Å². The summed E-state index contributed by atoms with van der Waals surface area (Å²) in [5.41, 5.74) is 0.899. The SMILES string of the molecule is CC(C)OCC(O)COc1ccc(CNC2CC2)cc1F. The standard InChI is InChI=1S/C16H24FNO3/c1-11(2)20-9-14(19)10-21-16-6-3-12(7-15(16)17)8-18-13-4-5-13/h3,6-7,11,13-14,18-19H,4-5,8-10H2,1-2H3. The summed E-state index contributed by atoms with van der Waals surface area (Å²) in [6, 6.07) is 5.52. The van der Waals surface area contributed by atoms with Gasteiger partial charge in [0.2, 0.25) is 0 Å². The molecular formula is C16H24FNO3. The van der Waals surface area contributed by atoms with Crippen molar-refractivity contribution in [2.75, 3.05) is 13.2 Å². The summed E-state index contributed by atoms with van der Waals surface area (Å²) in [5, 5.41) is 13.0. The predicted molar refractivity (Wildman–Crippen MR) is 78.9 cm³/mol. The van der Waals surface area contributed by atoms with Gasteiger partial charge in [-0.3, -0.25) is 0 Å². The smallest absolute Gasteiger partial charge is 0.165 e. The Hall–Kier alpha value is -1.17. The minimum Gasteiger partial charge on any atom is -0.488 e. The number of ether oxygens (including phenoxy) is 2. The van der Waals surface area contributed by atoms with Crippen molar-refractivity contribution in [3.8, 4) is 5.75 Å². The molecule has 4 nitrogen and oxygen atoms in total. The molecule has 1 aliphatic carbocycles. The van der Waals surface area contributed by atoms with Crippen LogP contribution in [0, 0.1) is 5.82 Å². The maximum absolute atomic E-state index is 13.9. The second-order valence-corrected chi connectivity index (χ2v) is 5.77. The zero-order valence-corrected chi connectivity index (χ0v) is 12.6. The van der Waals surface area contributed by atoms with E-state index in [1.54, 1.807) is 6.07 Å². The number of nitrogens with one attached hydrogen (secondary N) is 1. The van der Waals surface area contributed by atoms with E-state index in [4.69, 9.17) is 9.47 Å². The third-order valence-corrected chi connectivity index (χ3v) is 3.22. The number of benzene rings is 1. The number of aliphatic hydroxyl groups excluding tert-OH is 1. The number of hydrogen-bond acceptors (Lipinski definition) is 4. The van der Waals surface area contributed by atoms with E-state index in [0.717, 1.165) is 5.56 Å². The lowest BCUT2D eigenvalue weighted by Crippen LogP contribution is -2.25. The van der Waals surface area contributed by atoms with Crippen molar-refractivity contribution in [1.29, 1.82) is 0 Å². The fraction of sp³-hybridized carbons (Fsp3) is 0.625. The molecule has 1 atom stereocenters. The molecule has 0 amide bonds. The van der Waals surface area contributed by atoms with Gasteiger partial charge in [0.25, 0.3) is 0 Å². The first-order valence-corrected chi connectivity index (χ1v) is 7.49. The van der Waals surface area contributed by atoms with Gasteiger partial charge in [-0.1, -0.05) is 6.07 Å². The van der Waals surface area contributed by atoms with E-state index in [2.05, 4.69) is 5.32 Å². The largest absolute Gasteiger partial charge is 0.488 e. The van der Waals surface area contributed by atoms with Gasteiger partial charge in [0.05, 0.1) is 12.7 Å². The molecule has 1 aromatic carbocycles. The van der Waals surface area contributed by atoms with Crippen LogP contribution in [0.25, 0.3) is 0 Å². The molecule has 0 saturated heterocycles. The van der Waals surface area contributed by atoms with Gasteiger partial charge in [0.15, 0.2) is 11.6 Å². The third-order valence-electron chi connectivity index (χ3n) is 3.22. The maximum atomic E-state index is 13.9. The van der Waals surface area contributed by atoms with E-state index in [9.17, 15) is 9.50 Å². The van der Waals surface area contributed by atoms with Crippen LogP contribution in [0.3, 0.4) is 0 Å². The highest BCUT2D eigenvalue weighted by atomic mass is 19.1. The lowest BCUT2D eigenvalue weighted by Gasteiger charge is -2.15. The van der Waals surface area contributed by atoms with Gasteiger partial charge in [0.1, 0.15) is 12.7 Å². The Kier molecular flexibility index (Phi) is 5.96. The fourth-order valence-corrected chi connectivity index (χ4v) is 1.86. The van der Waals surface area contributed by atoms with E-state index in [1.165, 1.54) is 18.9 Å². The minimum absolute atomic E-state index is 0.0172. The molecular weight excluding hydrogens is 273 g/mol. The minimum atomic E-state index is -0.761. The van der Waals surface area contributed by atoms with Crippen LogP contribution in [0.4, 0.5) is 4.39 Å². The summed E-state index contributed by atoms with van der Waals surface area (Å²) < 4.78 is 24.5. The molecule has 118 valence electrons. The fourth-order valence-electron chi connectivity index (χ4n) is 1.86. The second-order valence-electron chi connectivity index (χ2n) is 5.77. The average molecular weight is 297 g/mol. The first kappa shape index (κ1) is 16.2. The lowest BCUT2D eigenvalue weighted by atomic mass is 10.2. The van der Waals surface area contributed by atoms with Gasteiger partial charge in [-0.05, 0) is 44.4 Å². The first-order valence-electron chi connectivity index (χ1n) is 7.49. The van der Waals surface area contributed by atoms with Crippen molar-refractivity contribution in [3.05, 3.63) is 29.6 Å². The molecule has 0 spiro atoms. The van der Waals surface area contributed by atoms with E-state index < -0.39 is 11.9 Å². The van der Waals surface area contributed by atoms with Gasteiger partial charge >= 0.3 is 0 Å². The number of rotatable bonds is 9. The zero-order valence-electron chi connectivity index (χ0n) is 12.6. The molecule has 2 N–H and O–H groups in total. The average Bonchev–Trinajstić information content (AvgIpc) is 3.26. The quantitative estimate of drug-likeness (QED) is 0.734. The van der Waals surface area contributed by atoms with Crippen molar-refractivity contribution in [1.82, 2.24) is 5.32 Å². The van der Waals surface area contributed by atoms with Crippen molar-refractivity contribution in [2.45, 2.75) is 51.5 Å². The zero-order chi connectivity index (χ0) is 15.2. The molecule has 1 aromatic rings. The Balaban J connectivity index is 1.76. The van der Waals surface area contributed by atoms with Gasteiger partial charge in [-0.2, -0.15) is 0 Å². The maximum Gasteiger partial charge on any atom is 0.165 e. The summed E-state index contributed by atoms with van der Waals surface area (Å²) in [5.74, 6) is -0.240. The monoisotopic (exact) mass is 297 g/mol. The molecule has 0 bridgehead atoms. The molecule has 0 radical (unpaired) electrons. The Morgan fingerprint density at radius 2 is 2.10 bits per heavy atom. The third kappa shape index (κ3) is 5.99. The van der Waals surface area contributed by atoms with Crippen LogP contribution in [0.1, 0.15) is 32.3 Å². The first-order chi connectivity index (χ1) is 10.0. The molecule has 0 aromatic heterocycles. The topological polar surface area (TPSA) is 50.7 Å². The Bertz CT molecular complexity index is 449. The Labute approximate surface area is 125 Å². The molecule has 1 fully saturated rings. The van der Waals surface area contributed by atoms with E-state index in [-0.39, 0.29) is 25.1 Å². The summed E-state index contributed by atoms with van der Waals surface area (Å²) in [4.78, 5) is 0. The van der Waals surface area contributed by atoms with Crippen molar-refractivity contribution in [3.63, 3.8) is 0 Å². The van der Waals surface area contributed by atoms with Crippen LogP contribution in [-0.2, 0) is 11.3 Å². The Morgan fingerprint density at radius 1 is 1.33 bits per heavy atom. The molecule has 1 saturated carbocycles. The Morgan fingerprint density at radius 3 is 2.71 bits per heavy atom. The van der Waals surface area contributed by atoms with Gasteiger partial charge < -0.3 is 19.9 Å². The molecule has 5 heteroatoms. The predicted octanol–water partition coefficient (Wildman–Crippen LogP) is 2.24. The number of aliphatic hydroxyl groups is 1. The highest BCUT2D eigenvalue weighted by Gasteiger charge is 2.20. The highest BCUT2D eigenvalue weighted by molar-refractivity contribution is 5.29. The number of hydrogen-bond donors (Lipinski definition) is 2. The molecule has 1 unspecified atom stereocenters. The molecule has 21 heavy (non-hydrogen) atoms. The van der Waals surface area contributed by atoms with E-state index >= 15 is 0 Å². The van der Waals surface area contributed by atoms with Crippen LogP contribution in [0.5, 0.6) is 5.75 Å². The highest BCUT2D eigenvalue weighted by Crippen LogP contribution is 2.21. The van der Waals surface area contributed by atoms with Crippen molar-refractivity contribution < 1.29 is 19.0 Å². The summed E-state index contributed by atoms with van der Waals surface area (Å²) >= 11 is 0. The van der Waals surface area contributed by atoms with Crippen LogP contribution in [0.2, 0.25) is 0 Å². The van der Waals surface area contributed by atoms with Crippen LogP contribution < -0.4 is 10.1 Å². The van der Waals surface area contributed by atoms with Gasteiger partial charge in [-0.25, -0.2) is 4.39 Å². The number of halogens is 1. The molecule has 0 heterocycles. The summed E-state index contributed by atoms with van der Waals surface area (Å²) in [6.45, 7) is 4.65. The van der Waals surface area contributed by atoms with E-state index in [1.807, 2.05) is 19.9 Å². The van der Waals surface area contributed by atoms with Crippen LogP contribution in [0.15, 0.2) is 18.2 Å². The van der Waals surface area contributed by atoms with Crippen molar-refractivity contribution >= 4 is 0 Å². The van der Waals surface area contributed by atoms with Gasteiger partial charge in [-0.15, -0.1) is 0 Å². The molecule has 0 aliphatic heterocycles. The molecule has 1 aliphatic rings. The van der Waals surface area contributed by atoms with Crippen LogP contribution in [-0.4, -0.2) is 36.6 Å². The van der Waals surface area contributed by atoms with Gasteiger partial charge in [0, 0.05) is 12.6 Å². The molecule has 2 rings (SSSR count). The summed E-state index contributed by atoms with van der Waals surface area (Å²) in [6.07, 6.45) is 1.71. The normalized spacial score (nSPS) is 16.2. The van der Waals surface area contributed by atoms with E-state index in [0.29, 0.717) is 12.6 Å².